The molecule has 0 spiro atoms. The molecule has 29 heavy (non-hydrogen) atoms. The highest BCUT2D eigenvalue weighted by atomic mass is 32.1. The lowest BCUT2D eigenvalue weighted by atomic mass is 10.2. The first-order valence-corrected chi connectivity index (χ1v) is 11.3. The van der Waals surface area contributed by atoms with Gasteiger partial charge in [-0.2, -0.15) is 0 Å². The summed E-state index contributed by atoms with van der Waals surface area (Å²) in [5.74, 6) is 0.941. The van der Waals surface area contributed by atoms with Crippen molar-refractivity contribution < 1.29 is 9.53 Å². The Morgan fingerprint density at radius 2 is 1.93 bits per heavy atom. The van der Waals surface area contributed by atoms with Crippen molar-refractivity contribution in [2.75, 3.05) is 33.3 Å². The average molecular weight is 426 g/mol. The van der Waals surface area contributed by atoms with Crippen LogP contribution in [0.1, 0.15) is 9.88 Å². The van der Waals surface area contributed by atoms with Crippen LogP contribution in [0.25, 0.3) is 17.3 Å². The molecule has 0 N–H and O–H groups in total. The Hall–Kier alpha value is -2.48. The molecule has 2 aromatic heterocycles. The van der Waals surface area contributed by atoms with Crippen molar-refractivity contribution in [3.63, 3.8) is 0 Å². The minimum Gasteiger partial charge on any atom is -0.497 e. The van der Waals surface area contributed by atoms with Gasteiger partial charge in [-0.05, 0) is 41.8 Å². The monoisotopic (exact) mass is 425 g/mol. The Morgan fingerprint density at radius 1 is 1.14 bits per heavy atom. The van der Waals surface area contributed by atoms with Crippen LogP contribution in [0.5, 0.6) is 5.75 Å². The molecule has 3 aromatic rings. The normalized spacial score (nSPS) is 15.1. The van der Waals surface area contributed by atoms with Crippen LogP contribution in [0, 0.1) is 0 Å². The van der Waals surface area contributed by atoms with Crippen LogP contribution in [0.2, 0.25) is 0 Å². The molecule has 4 rings (SSSR count). The summed E-state index contributed by atoms with van der Waals surface area (Å²) in [5, 5.41) is 5.22. The maximum atomic E-state index is 12.4. The Labute approximate surface area is 178 Å². The second-order valence-corrected chi connectivity index (χ2v) is 8.73. The van der Waals surface area contributed by atoms with E-state index < -0.39 is 0 Å². The number of aromatic nitrogens is 1. The fraction of sp³-hybridized carbons (Fsp3) is 0.273. The van der Waals surface area contributed by atoms with Crippen LogP contribution in [0.4, 0.5) is 0 Å². The van der Waals surface area contributed by atoms with Gasteiger partial charge in [0.25, 0.3) is 0 Å². The number of hydrogen-bond acceptors (Lipinski definition) is 6. The van der Waals surface area contributed by atoms with E-state index >= 15 is 0 Å². The fourth-order valence-electron chi connectivity index (χ4n) is 3.24. The number of carbonyl (C=O) groups excluding carboxylic acids is 1. The number of ether oxygens (including phenoxy) is 1. The van der Waals surface area contributed by atoms with Gasteiger partial charge in [0.2, 0.25) is 5.91 Å². The molecule has 1 aromatic carbocycles. The molecule has 3 heterocycles. The molecule has 1 aliphatic heterocycles. The number of thiophene rings is 1. The van der Waals surface area contributed by atoms with Crippen LogP contribution >= 0.6 is 22.7 Å². The van der Waals surface area contributed by atoms with Crippen molar-refractivity contribution >= 4 is 34.7 Å². The van der Waals surface area contributed by atoms with Crippen molar-refractivity contribution in [3.05, 3.63) is 63.1 Å². The van der Waals surface area contributed by atoms with E-state index in [4.69, 9.17) is 9.72 Å². The molecule has 5 nitrogen and oxygen atoms in total. The second-order valence-electron chi connectivity index (χ2n) is 6.81. The molecular weight excluding hydrogens is 402 g/mol. The van der Waals surface area contributed by atoms with Crippen molar-refractivity contribution in [2.24, 2.45) is 0 Å². The number of rotatable bonds is 6. The zero-order valence-electron chi connectivity index (χ0n) is 16.3. The van der Waals surface area contributed by atoms with Crippen molar-refractivity contribution in [2.45, 2.75) is 6.54 Å². The van der Waals surface area contributed by atoms with Gasteiger partial charge in [0, 0.05) is 48.1 Å². The molecule has 1 fully saturated rings. The smallest absolute Gasteiger partial charge is 0.246 e. The SMILES string of the molecule is COc1ccc(-c2csc(CN3CCN(C(=O)/C=C/c4cccs4)CC3)n2)cc1. The number of methoxy groups -OCH3 is 1. The number of carbonyl (C=O) groups is 1. The summed E-state index contributed by atoms with van der Waals surface area (Å²) in [5.41, 5.74) is 2.10. The van der Waals surface area contributed by atoms with Gasteiger partial charge >= 0.3 is 0 Å². The van der Waals surface area contributed by atoms with Crippen molar-refractivity contribution in [1.29, 1.82) is 0 Å². The first-order valence-electron chi connectivity index (χ1n) is 9.53. The Morgan fingerprint density at radius 3 is 2.62 bits per heavy atom. The summed E-state index contributed by atoms with van der Waals surface area (Å²) >= 11 is 3.32. The molecule has 0 saturated carbocycles. The average Bonchev–Trinajstić information content (AvgIpc) is 3.45. The van der Waals surface area contributed by atoms with Crippen LogP contribution in [0.3, 0.4) is 0 Å². The lowest BCUT2D eigenvalue weighted by Gasteiger charge is -2.33. The van der Waals surface area contributed by atoms with Crippen molar-refractivity contribution in [3.8, 4) is 17.0 Å². The molecule has 0 unspecified atom stereocenters. The van der Waals surface area contributed by atoms with Gasteiger partial charge in [0.1, 0.15) is 10.8 Å². The number of thiazole rings is 1. The number of benzene rings is 1. The predicted molar refractivity (Wildman–Crippen MR) is 119 cm³/mol. The minimum atomic E-state index is 0.0918. The van der Waals surface area contributed by atoms with Crippen LogP contribution < -0.4 is 4.74 Å². The van der Waals surface area contributed by atoms with Crippen LogP contribution in [-0.2, 0) is 11.3 Å². The molecule has 1 aliphatic rings. The summed E-state index contributed by atoms with van der Waals surface area (Å²) in [7, 11) is 1.67. The molecule has 7 heteroatoms. The largest absolute Gasteiger partial charge is 0.497 e. The number of amides is 1. The number of hydrogen-bond donors (Lipinski definition) is 0. The summed E-state index contributed by atoms with van der Waals surface area (Å²) in [6, 6.07) is 12.0. The summed E-state index contributed by atoms with van der Waals surface area (Å²) in [4.78, 5) is 22.5. The zero-order chi connectivity index (χ0) is 20.1. The number of nitrogens with zero attached hydrogens (tertiary/aromatic N) is 3. The molecule has 0 bridgehead atoms. The highest BCUT2D eigenvalue weighted by molar-refractivity contribution is 7.10. The lowest BCUT2D eigenvalue weighted by molar-refractivity contribution is -0.127. The van der Waals surface area contributed by atoms with Crippen molar-refractivity contribution in [1.82, 2.24) is 14.8 Å². The standard InChI is InChI=1S/C22H23N3O2S2/c1-27-18-6-4-17(5-7-18)20-16-29-21(23-20)15-24-10-12-25(13-11-24)22(26)9-8-19-3-2-14-28-19/h2-9,14,16H,10-13,15H2,1H3/b9-8+. The first-order chi connectivity index (χ1) is 14.2. The molecule has 150 valence electrons. The third kappa shape index (κ3) is 5.12. The van der Waals surface area contributed by atoms with Crippen LogP contribution in [-0.4, -0.2) is 54.0 Å². The summed E-state index contributed by atoms with van der Waals surface area (Å²) < 4.78 is 5.21. The lowest BCUT2D eigenvalue weighted by Crippen LogP contribution is -2.47. The highest BCUT2D eigenvalue weighted by Crippen LogP contribution is 2.25. The maximum absolute atomic E-state index is 12.4. The van der Waals surface area contributed by atoms with Gasteiger partial charge in [0.05, 0.1) is 19.3 Å². The third-order valence-corrected chi connectivity index (χ3v) is 6.58. The molecular formula is C22H23N3O2S2. The van der Waals surface area contributed by atoms with Gasteiger partial charge in [-0.3, -0.25) is 9.69 Å². The predicted octanol–water partition coefficient (Wildman–Crippen LogP) is 4.24. The maximum Gasteiger partial charge on any atom is 0.246 e. The molecule has 0 atom stereocenters. The molecule has 0 radical (unpaired) electrons. The van der Waals surface area contributed by atoms with E-state index in [0.29, 0.717) is 0 Å². The topological polar surface area (TPSA) is 45.7 Å². The van der Waals surface area contributed by atoms with Gasteiger partial charge in [-0.1, -0.05) is 6.07 Å². The molecule has 1 saturated heterocycles. The van der Waals surface area contributed by atoms with Gasteiger partial charge in [0.15, 0.2) is 0 Å². The van der Waals surface area contributed by atoms with E-state index in [2.05, 4.69) is 10.3 Å². The van der Waals surface area contributed by atoms with E-state index in [1.54, 1.807) is 35.9 Å². The molecule has 0 aliphatic carbocycles. The minimum absolute atomic E-state index is 0.0918. The van der Waals surface area contributed by atoms with E-state index in [1.165, 1.54) is 0 Å². The Kier molecular flexibility index (Phi) is 6.39. The first kappa shape index (κ1) is 19.8. The quantitative estimate of drug-likeness (QED) is 0.554. The Balaban J connectivity index is 1.28. The third-order valence-electron chi connectivity index (χ3n) is 4.91. The highest BCUT2D eigenvalue weighted by Gasteiger charge is 2.20. The summed E-state index contributed by atoms with van der Waals surface area (Å²) in [6.07, 6.45) is 3.58. The van der Waals surface area contributed by atoms with E-state index in [9.17, 15) is 4.79 Å². The van der Waals surface area contributed by atoms with Gasteiger partial charge in [-0.15, -0.1) is 22.7 Å². The van der Waals surface area contributed by atoms with E-state index in [-0.39, 0.29) is 5.91 Å². The fourth-order valence-corrected chi connectivity index (χ4v) is 4.70. The number of piperazine rings is 1. The van der Waals surface area contributed by atoms with E-state index in [1.807, 2.05) is 52.8 Å². The summed E-state index contributed by atoms with van der Waals surface area (Å²) in [6.45, 7) is 4.08. The van der Waals surface area contributed by atoms with Gasteiger partial charge in [-0.25, -0.2) is 4.98 Å². The van der Waals surface area contributed by atoms with Crippen LogP contribution in [0.15, 0.2) is 53.2 Å². The van der Waals surface area contributed by atoms with Gasteiger partial charge < -0.3 is 9.64 Å². The van der Waals surface area contributed by atoms with E-state index in [0.717, 1.165) is 59.6 Å². The zero-order valence-corrected chi connectivity index (χ0v) is 17.9. The second kappa shape index (κ2) is 9.35. The molecule has 1 amide bonds. The Bertz CT molecular complexity index is 956.